The van der Waals surface area contributed by atoms with E-state index in [-0.39, 0.29) is 17.9 Å². The molecule has 2 heterocycles. The van der Waals surface area contributed by atoms with Crippen molar-refractivity contribution in [2.24, 2.45) is 0 Å². The molecule has 2 aromatic carbocycles. The van der Waals surface area contributed by atoms with Crippen molar-refractivity contribution in [2.75, 3.05) is 33.9 Å². The molecule has 0 bridgehead atoms. The van der Waals surface area contributed by atoms with E-state index >= 15 is 0 Å². The fourth-order valence-corrected chi connectivity index (χ4v) is 3.96. The highest BCUT2D eigenvalue weighted by atomic mass is 16.5. The van der Waals surface area contributed by atoms with Gasteiger partial charge in [-0.25, -0.2) is 0 Å². The summed E-state index contributed by atoms with van der Waals surface area (Å²) in [5.74, 6) is 1.58. The van der Waals surface area contributed by atoms with Gasteiger partial charge in [0.15, 0.2) is 23.5 Å². The van der Waals surface area contributed by atoms with Crippen LogP contribution in [0.3, 0.4) is 0 Å². The lowest BCUT2D eigenvalue weighted by Gasteiger charge is -2.20. The average molecular weight is 437 g/mol. The van der Waals surface area contributed by atoms with Crippen molar-refractivity contribution in [3.8, 4) is 28.4 Å². The van der Waals surface area contributed by atoms with E-state index in [2.05, 4.69) is 0 Å². The molecule has 1 fully saturated rings. The highest BCUT2D eigenvalue weighted by Gasteiger charge is 2.17. The molecule has 32 heavy (non-hydrogen) atoms. The van der Waals surface area contributed by atoms with E-state index in [4.69, 9.17) is 18.6 Å². The first-order chi connectivity index (χ1) is 15.6. The Hall–Kier alpha value is -3.48. The fraction of sp³-hybridized carbons (Fsp3) is 0.360. The van der Waals surface area contributed by atoms with Gasteiger partial charge in [-0.15, -0.1) is 0 Å². The van der Waals surface area contributed by atoms with Crippen molar-refractivity contribution in [1.82, 2.24) is 4.90 Å². The summed E-state index contributed by atoms with van der Waals surface area (Å²) in [5, 5.41) is 0.434. The summed E-state index contributed by atoms with van der Waals surface area (Å²) in [6.07, 6.45) is 5.84. The average Bonchev–Trinajstić information content (AvgIpc) is 3.12. The lowest BCUT2D eigenvalue weighted by Crippen LogP contribution is -2.35. The lowest BCUT2D eigenvalue weighted by molar-refractivity contribution is -0.133. The maximum atomic E-state index is 13.1. The molecule has 0 spiro atoms. The molecule has 4 rings (SSSR count). The van der Waals surface area contributed by atoms with Crippen molar-refractivity contribution in [3.63, 3.8) is 0 Å². The van der Waals surface area contributed by atoms with Crippen LogP contribution in [0.4, 0.5) is 0 Å². The number of carbonyl (C=O) groups is 1. The zero-order valence-corrected chi connectivity index (χ0v) is 18.4. The van der Waals surface area contributed by atoms with E-state index in [0.717, 1.165) is 25.9 Å². The number of hydrogen-bond donors (Lipinski definition) is 0. The number of methoxy groups -OCH3 is 2. The number of nitrogens with zero attached hydrogens (tertiary/aromatic N) is 1. The Kier molecular flexibility index (Phi) is 6.63. The minimum Gasteiger partial charge on any atom is -0.493 e. The largest absolute Gasteiger partial charge is 0.493 e. The summed E-state index contributed by atoms with van der Waals surface area (Å²) in [7, 11) is 3.10. The third-order valence-electron chi connectivity index (χ3n) is 5.76. The molecule has 1 aromatic heterocycles. The van der Waals surface area contributed by atoms with Gasteiger partial charge in [0.2, 0.25) is 0 Å². The van der Waals surface area contributed by atoms with E-state index in [9.17, 15) is 9.59 Å². The van der Waals surface area contributed by atoms with Crippen LogP contribution in [0.1, 0.15) is 25.7 Å². The monoisotopic (exact) mass is 437 g/mol. The minimum absolute atomic E-state index is 0.0164. The quantitative estimate of drug-likeness (QED) is 0.573. The van der Waals surface area contributed by atoms with E-state index in [0.29, 0.717) is 39.3 Å². The first kappa shape index (κ1) is 21.7. The predicted molar refractivity (Wildman–Crippen MR) is 122 cm³/mol. The molecule has 1 aliphatic heterocycles. The molecule has 7 heteroatoms. The summed E-state index contributed by atoms with van der Waals surface area (Å²) in [6, 6.07) is 10.3. The number of benzene rings is 2. The highest BCUT2D eigenvalue weighted by molar-refractivity contribution is 5.83. The van der Waals surface area contributed by atoms with Crippen LogP contribution in [0.2, 0.25) is 0 Å². The predicted octanol–water partition coefficient (Wildman–Crippen LogP) is 4.26. The Balaban J connectivity index is 1.53. The maximum absolute atomic E-state index is 13.1. The number of likely N-dealkylation sites (tertiary alicyclic amines) is 1. The smallest absolute Gasteiger partial charge is 0.260 e. The van der Waals surface area contributed by atoms with Gasteiger partial charge in [0, 0.05) is 19.2 Å². The number of hydrogen-bond acceptors (Lipinski definition) is 6. The molecule has 1 saturated heterocycles. The first-order valence-electron chi connectivity index (χ1n) is 10.8. The van der Waals surface area contributed by atoms with Gasteiger partial charge in [0.25, 0.3) is 5.91 Å². The molecule has 0 radical (unpaired) electrons. The van der Waals surface area contributed by atoms with Crippen molar-refractivity contribution < 1.29 is 23.4 Å². The SMILES string of the molecule is COc1ccc(-c2coc3cc(OCC(=O)N4CCCCCC4)ccc3c2=O)cc1OC. The number of fused-ring (bicyclic) bond motifs is 1. The van der Waals surface area contributed by atoms with Crippen LogP contribution in [-0.4, -0.2) is 44.7 Å². The topological polar surface area (TPSA) is 78.2 Å². The van der Waals surface area contributed by atoms with Gasteiger partial charge in [0.05, 0.1) is 25.2 Å². The second-order valence-electron chi connectivity index (χ2n) is 7.79. The summed E-state index contributed by atoms with van der Waals surface area (Å²) >= 11 is 0. The van der Waals surface area contributed by atoms with Crippen molar-refractivity contribution in [3.05, 3.63) is 52.9 Å². The molecule has 0 unspecified atom stereocenters. The van der Waals surface area contributed by atoms with E-state index in [1.54, 1.807) is 50.6 Å². The Morgan fingerprint density at radius 3 is 2.44 bits per heavy atom. The fourth-order valence-electron chi connectivity index (χ4n) is 3.96. The van der Waals surface area contributed by atoms with Gasteiger partial charge < -0.3 is 23.5 Å². The van der Waals surface area contributed by atoms with Crippen molar-refractivity contribution in [1.29, 1.82) is 0 Å². The third kappa shape index (κ3) is 4.56. The molecule has 0 atom stereocenters. The molecule has 0 N–H and O–H groups in total. The maximum Gasteiger partial charge on any atom is 0.260 e. The molecule has 1 amide bonds. The Labute approximate surface area is 186 Å². The molecule has 3 aromatic rings. The van der Waals surface area contributed by atoms with Crippen LogP contribution in [0.25, 0.3) is 22.1 Å². The molecule has 0 aliphatic carbocycles. The summed E-state index contributed by atoms with van der Waals surface area (Å²) in [4.78, 5) is 27.4. The second-order valence-corrected chi connectivity index (χ2v) is 7.79. The van der Waals surface area contributed by atoms with Crippen molar-refractivity contribution >= 4 is 16.9 Å². The molecule has 168 valence electrons. The van der Waals surface area contributed by atoms with Gasteiger partial charge in [-0.1, -0.05) is 18.9 Å². The van der Waals surface area contributed by atoms with Crippen LogP contribution in [0, 0.1) is 0 Å². The zero-order chi connectivity index (χ0) is 22.5. The lowest BCUT2D eigenvalue weighted by atomic mass is 10.0. The van der Waals surface area contributed by atoms with Crippen LogP contribution < -0.4 is 19.6 Å². The van der Waals surface area contributed by atoms with Crippen molar-refractivity contribution in [2.45, 2.75) is 25.7 Å². The second kappa shape index (κ2) is 9.77. The Morgan fingerprint density at radius 2 is 1.72 bits per heavy atom. The summed E-state index contributed by atoms with van der Waals surface area (Å²) in [6.45, 7) is 1.54. The molecular formula is C25H27NO6. The van der Waals surface area contributed by atoms with E-state index < -0.39 is 0 Å². The molecule has 7 nitrogen and oxygen atoms in total. The Morgan fingerprint density at radius 1 is 0.969 bits per heavy atom. The standard InChI is InChI=1S/C25H27NO6/c1-29-21-10-7-17(13-23(21)30-2)20-15-32-22-14-18(8-9-19(22)25(20)28)31-16-24(27)26-11-5-3-4-6-12-26/h7-10,13-15H,3-6,11-12,16H2,1-2H3. The third-order valence-corrected chi connectivity index (χ3v) is 5.76. The van der Waals surface area contributed by atoms with Crippen LogP contribution in [0.5, 0.6) is 17.2 Å². The van der Waals surface area contributed by atoms with Gasteiger partial charge in [-0.2, -0.15) is 0 Å². The molecule has 0 saturated carbocycles. The van der Waals surface area contributed by atoms with Gasteiger partial charge in [0.1, 0.15) is 17.6 Å². The summed E-state index contributed by atoms with van der Waals surface area (Å²) < 4.78 is 22.0. The Bertz CT molecular complexity index is 1160. The number of amides is 1. The number of carbonyl (C=O) groups excluding carboxylic acids is 1. The van der Waals surface area contributed by atoms with Crippen LogP contribution in [0.15, 0.2) is 51.9 Å². The number of ether oxygens (including phenoxy) is 3. The number of rotatable bonds is 6. The van der Waals surface area contributed by atoms with Gasteiger partial charge >= 0.3 is 0 Å². The zero-order valence-electron chi connectivity index (χ0n) is 18.4. The van der Waals surface area contributed by atoms with Crippen LogP contribution >= 0.6 is 0 Å². The minimum atomic E-state index is -0.161. The van der Waals surface area contributed by atoms with E-state index in [1.807, 2.05) is 4.90 Å². The molecule has 1 aliphatic rings. The summed E-state index contributed by atoms with van der Waals surface area (Å²) in [5.41, 5.74) is 1.33. The van der Waals surface area contributed by atoms with Gasteiger partial charge in [-0.3, -0.25) is 9.59 Å². The van der Waals surface area contributed by atoms with Crippen LogP contribution in [-0.2, 0) is 4.79 Å². The van der Waals surface area contributed by atoms with E-state index in [1.165, 1.54) is 19.1 Å². The normalized spacial score (nSPS) is 14.1. The first-order valence-corrected chi connectivity index (χ1v) is 10.8. The highest BCUT2D eigenvalue weighted by Crippen LogP contribution is 2.32. The van der Waals surface area contributed by atoms with Gasteiger partial charge in [-0.05, 0) is 42.7 Å². The molecular weight excluding hydrogens is 410 g/mol.